The fourth-order valence-electron chi connectivity index (χ4n) is 3.30. The van der Waals surface area contributed by atoms with E-state index in [1.807, 2.05) is 19.0 Å². The van der Waals surface area contributed by atoms with E-state index in [9.17, 15) is 24.8 Å². The summed E-state index contributed by atoms with van der Waals surface area (Å²) in [7, 11) is 4.94. The van der Waals surface area contributed by atoms with E-state index < -0.39 is 16.7 Å². The van der Waals surface area contributed by atoms with Crippen molar-refractivity contribution in [2.45, 2.75) is 6.92 Å². The SMILES string of the molecule is COc1cc(C(=O)c2c(C)c(C(=O)O)c3cc(N(C)C)ccn23)ccc1[N+](=O)[O-]. The Morgan fingerprint density at radius 1 is 1.21 bits per heavy atom. The summed E-state index contributed by atoms with van der Waals surface area (Å²) < 4.78 is 6.57. The molecule has 0 unspecified atom stereocenters. The van der Waals surface area contributed by atoms with Crippen LogP contribution in [-0.2, 0) is 0 Å². The molecule has 0 amide bonds. The number of carbonyl (C=O) groups is 2. The number of methoxy groups -OCH3 is 1. The summed E-state index contributed by atoms with van der Waals surface area (Å²) in [5.74, 6) is -1.65. The number of carbonyl (C=O) groups excluding carboxylic acids is 1. The smallest absolute Gasteiger partial charge is 0.338 e. The van der Waals surface area contributed by atoms with Crippen LogP contribution in [0.3, 0.4) is 0 Å². The van der Waals surface area contributed by atoms with E-state index in [1.54, 1.807) is 25.3 Å². The third kappa shape index (κ3) is 3.27. The van der Waals surface area contributed by atoms with Gasteiger partial charge in [0, 0.05) is 37.6 Å². The van der Waals surface area contributed by atoms with Gasteiger partial charge >= 0.3 is 11.7 Å². The number of nitrogens with zero attached hydrogens (tertiary/aromatic N) is 3. The zero-order valence-corrected chi connectivity index (χ0v) is 16.3. The lowest BCUT2D eigenvalue weighted by molar-refractivity contribution is -0.385. The van der Waals surface area contributed by atoms with Gasteiger partial charge in [0.1, 0.15) is 0 Å². The molecule has 3 rings (SSSR count). The number of fused-ring (bicyclic) bond motifs is 1. The molecule has 9 nitrogen and oxygen atoms in total. The van der Waals surface area contributed by atoms with Gasteiger partial charge in [-0.3, -0.25) is 14.9 Å². The molecule has 0 atom stereocenters. The quantitative estimate of drug-likeness (QED) is 0.386. The van der Waals surface area contributed by atoms with Crippen molar-refractivity contribution >= 4 is 28.6 Å². The molecule has 0 aliphatic rings. The number of benzene rings is 1. The van der Waals surface area contributed by atoms with Gasteiger partial charge in [0.2, 0.25) is 5.78 Å². The van der Waals surface area contributed by atoms with E-state index in [0.29, 0.717) is 11.1 Å². The Hall–Kier alpha value is -3.88. The molecule has 0 fully saturated rings. The van der Waals surface area contributed by atoms with E-state index in [4.69, 9.17) is 4.74 Å². The van der Waals surface area contributed by atoms with Crippen LogP contribution < -0.4 is 9.64 Å². The first-order valence-corrected chi connectivity index (χ1v) is 8.59. The molecular weight excluding hydrogens is 378 g/mol. The molecule has 29 heavy (non-hydrogen) atoms. The van der Waals surface area contributed by atoms with Crippen molar-refractivity contribution in [1.82, 2.24) is 4.40 Å². The fourth-order valence-corrected chi connectivity index (χ4v) is 3.30. The number of pyridine rings is 1. The van der Waals surface area contributed by atoms with Crippen LogP contribution in [0, 0.1) is 17.0 Å². The molecule has 0 aliphatic carbocycles. The van der Waals surface area contributed by atoms with Crippen molar-refractivity contribution in [3.05, 3.63) is 69.0 Å². The fraction of sp³-hybridized carbons (Fsp3) is 0.200. The van der Waals surface area contributed by atoms with Crippen LogP contribution in [0.1, 0.15) is 32.0 Å². The lowest BCUT2D eigenvalue weighted by Gasteiger charge is -2.13. The first kappa shape index (κ1) is 19.9. The summed E-state index contributed by atoms with van der Waals surface area (Å²) in [6, 6.07) is 7.28. The Labute approximate surface area is 165 Å². The monoisotopic (exact) mass is 397 g/mol. The lowest BCUT2D eigenvalue weighted by Crippen LogP contribution is -2.10. The molecule has 2 aromatic heterocycles. The molecule has 0 saturated carbocycles. The van der Waals surface area contributed by atoms with E-state index in [1.165, 1.54) is 29.7 Å². The van der Waals surface area contributed by atoms with Crippen LogP contribution in [0.5, 0.6) is 5.75 Å². The van der Waals surface area contributed by atoms with E-state index in [2.05, 4.69) is 0 Å². The van der Waals surface area contributed by atoms with Gasteiger partial charge in [0.25, 0.3) is 0 Å². The minimum absolute atomic E-state index is 0.0333. The van der Waals surface area contributed by atoms with E-state index in [-0.39, 0.29) is 28.3 Å². The second kappa shape index (κ2) is 7.27. The van der Waals surface area contributed by atoms with Gasteiger partial charge in [-0.2, -0.15) is 0 Å². The third-order valence-corrected chi connectivity index (χ3v) is 4.75. The third-order valence-electron chi connectivity index (χ3n) is 4.75. The Kier molecular flexibility index (Phi) is 4.98. The number of aromatic carboxylic acids is 1. The molecule has 9 heteroatoms. The van der Waals surface area contributed by atoms with Crippen molar-refractivity contribution in [1.29, 1.82) is 0 Å². The maximum absolute atomic E-state index is 13.2. The predicted molar refractivity (Wildman–Crippen MR) is 107 cm³/mol. The highest BCUT2D eigenvalue weighted by molar-refractivity contribution is 6.13. The average Bonchev–Trinajstić information content (AvgIpc) is 2.97. The number of carboxylic acid groups (broad SMARTS) is 1. The number of nitro groups is 1. The topological polar surface area (TPSA) is 114 Å². The molecule has 0 radical (unpaired) electrons. The number of ether oxygens (including phenoxy) is 1. The summed E-state index contributed by atoms with van der Waals surface area (Å²) in [4.78, 5) is 37.4. The van der Waals surface area contributed by atoms with E-state index in [0.717, 1.165) is 5.69 Å². The van der Waals surface area contributed by atoms with Gasteiger partial charge in [-0.25, -0.2) is 4.79 Å². The van der Waals surface area contributed by atoms with Gasteiger partial charge in [0.15, 0.2) is 5.75 Å². The van der Waals surface area contributed by atoms with Crippen molar-refractivity contribution in [2.75, 3.05) is 26.1 Å². The molecule has 0 saturated heterocycles. The number of hydrogen-bond acceptors (Lipinski definition) is 6. The Morgan fingerprint density at radius 3 is 2.45 bits per heavy atom. The summed E-state index contributed by atoms with van der Waals surface area (Å²) >= 11 is 0. The summed E-state index contributed by atoms with van der Waals surface area (Å²) in [5.41, 5.74) is 1.60. The van der Waals surface area contributed by atoms with Crippen LogP contribution in [0.4, 0.5) is 11.4 Å². The number of carboxylic acids is 1. The standard InChI is InChI=1S/C20H19N3O6/c1-11-17(20(25)26)15-10-13(21(2)3)7-8-22(15)18(11)19(24)12-5-6-14(23(27)28)16(9-12)29-4/h5-10H,1-4H3,(H,25,26). The molecule has 1 aromatic carbocycles. The number of aromatic nitrogens is 1. The number of anilines is 1. The second-order valence-electron chi connectivity index (χ2n) is 6.66. The van der Waals surface area contributed by atoms with Gasteiger partial charge in [-0.1, -0.05) is 0 Å². The number of rotatable bonds is 6. The summed E-state index contributed by atoms with van der Waals surface area (Å²) in [5, 5.41) is 20.8. The molecule has 0 aliphatic heterocycles. The number of ketones is 1. The number of hydrogen-bond donors (Lipinski definition) is 1. The normalized spacial score (nSPS) is 10.8. The van der Waals surface area contributed by atoms with Crippen molar-refractivity contribution in [3.63, 3.8) is 0 Å². The van der Waals surface area contributed by atoms with Crippen LogP contribution >= 0.6 is 0 Å². The molecule has 150 valence electrons. The highest BCUT2D eigenvalue weighted by Gasteiger charge is 2.27. The summed E-state index contributed by atoms with van der Waals surface area (Å²) in [6.45, 7) is 1.57. The molecular formula is C20H19N3O6. The largest absolute Gasteiger partial charge is 0.490 e. The van der Waals surface area contributed by atoms with Crippen LogP contribution in [0.2, 0.25) is 0 Å². The predicted octanol–water partition coefficient (Wildman–Crippen LogP) is 3.16. The zero-order valence-electron chi connectivity index (χ0n) is 16.3. The van der Waals surface area contributed by atoms with Crippen LogP contribution in [0.15, 0.2) is 36.5 Å². The van der Waals surface area contributed by atoms with Gasteiger partial charge in [-0.05, 0) is 36.8 Å². The van der Waals surface area contributed by atoms with Gasteiger partial charge in [-0.15, -0.1) is 0 Å². The average molecular weight is 397 g/mol. The van der Waals surface area contributed by atoms with Crippen LogP contribution in [-0.4, -0.2) is 47.4 Å². The van der Waals surface area contributed by atoms with Crippen molar-refractivity contribution < 1.29 is 24.4 Å². The Bertz CT molecular complexity index is 1160. The van der Waals surface area contributed by atoms with Crippen molar-refractivity contribution in [3.8, 4) is 5.75 Å². The highest BCUT2D eigenvalue weighted by Crippen LogP contribution is 2.31. The maximum Gasteiger partial charge on any atom is 0.338 e. The minimum atomic E-state index is -1.14. The van der Waals surface area contributed by atoms with Gasteiger partial charge < -0.3 is 19.1 Å². The molecule has 3 aromatic rings. The summed E-state index contributed by atoms with van der Waals surface area (Å²) in [6.07, 6.45) is 1.64. The van der Waals surface area contributed by atoms with Gasteiger partial charge in [0.05, 0.1) is 28.8 Å². The molecule has 1 N–H and O–H groups in total. The molecule has 2 heterocycles. The Balaban J connectivity index is 2.24. The zero-order chi connectivity index (χ0) is 21.5. The maximum atomic E-state index is 13.2. The highest BCUT2D eigenvalue weighted by atomic mass is 16.6. The van der Waals surface area contributed by atoms with E-state index >= 15 is 0 Å². The first-order valence-electron chi connectivity index (χ1n) is 8.59. The second-order valence-corrected chi connectivity index (χ2v) is 6.66. The lowest BCUT2D eigenvalue weighted by atomic mass is 10.0. The van der Waals surface area contributed by atoms with Crippen LogP contribution in [0.25, 0.3) is 5.52 Å². The Morgan fingerprint density at radius 2 is 1.90 bits per heavy atom. The number of nitro benzene ring substituents is 1. The minimum Gasteiger partial charge on any atom is -0.490 e. The first-order chi connectivity index (χ1) is 13.7. The van der Waals surface area contributed by atoms with Crippen molar-refractivity contribution in [2.24, 2.45) is 0 Å². The molecule has 0 bridgehead atoms. The molecule has 0 spiro atoms.